The molecular weight excluding hydrogens is 255 g/mol. The lowest BCUT2D eigenvalue weighted by molar-refractivity contribution is 0.0595. The molecule has 1 heterocycles. The Morgan fingerprint density at radius 1 is 1.39 bits per heavy atom. The zero-order valence-corrected chi connectivity index (χ0v) is 10.7. The molecule has 18 heavy (non-hydrogen) atoms. The number of benzene rings is 1. The van der Waals surface area contributed by atoms with Crippen LogP contribution in [-0.2, 0) is 4.74 Å². The van der Waals surface area contributed by atoms with E-state index in [4.69, 9.17) is 0 Å². The Labute approximate surface area is 108 Å². The summed E-state index contributed by atoms with van der Waals surface area (Å²) in [4.78, 5) is 17.2. The minimum Gasteiger partial charge on any atom is -0.464 e. The van der Waals surface area contributed by atoms with Gasteiger partial charge in [-0.1, -0.05) is 0 Å². The Kier molecular flexibility index (Phi) is 3.57. The second-order valence-corrected chi connectivity index (χ2v) is 4.38. The van der Waals surface area contributed by atoms with Gasteiger partial charge in [0.2, 0.25) is 0 Å². The second-order valence-electron chi connectivity index (χ2n) is 3.54. The molecule has 0 radical (unpaired) electrons. The zero-order valence-electron chi connectivity index (χ0n) is 9.88. The third-order valence-corrected chi connectivity index (χ3v) is 3.30. The lowest BCUT2D eigenvalue weighted by atomic mass is 10.3. The topological polar surface area (TPSA) is 42.4 Å². The molecule has 1 aromatic heterocycles. The number of halogens is 1. The largest absolute Gasteiger partial charge is 0.464 e. The summed E-state index contributed by atoms with van der Waals surface area (Å²) in [5, 5.41) is 2.27. The van der Waals surface area contributed by atoms with Crippen LogP contribution in [0.5, 0.6) is 0 Å². The van der Waals surface area contributed by atoms with Crippen LogP contribution < -0.4 is 4.90 Å². The van der Waals surface area contributed by atoms with Crippen LogP contribution in [0.1, 0.15) is 10.5 Å². The fourth-order valence-electron chi connectivity index (χ4n) is 1.39. The fourth-order valence-corrected chi connectivity index (χ4v) is 2.17. The van der Waals surface area contributed by atoms with Crippen molar-refractivity contribution in [3.63, 3.8) is 0 Å². The first-order chi connectivity index (χ1) is 8.61. The van der Waals surface area contributed by atoms with Crippen molar-refractivity contribution in [3.05, 3.63) is 41.2 Å². The van der Waals surface area contributed by atoms with Gasteiger partial charge in [0.15, 0.2) is 10.8 Å². The molecule has 0 spiro atoms. The molecule has 0 atom stereocenters. The summed E-state index contributed by atoms with van der Waals surface area (Å²) in [5.74, 6) is -0.758. The smallest absolute Gasteiger partial charge is 0.357 e. The van der Waals surface area contributed by atoms with Crippen molar-refractivity contribution < 1.29 is 13.9 Å². The summed E-state index contributed by atoms with van der Waals surface area (Å²) in [7, 11) is 3.11. The highest BCUT2D eigenvalue weighted by Gasteiger charge is 2.14. The lowest BCUT2D eigenvalue weighted by Crippen LogP contribution is -2.10. The summed E-state index contributed by atoms with van der Waals surface area (Å²) in [5.41, 5.74) is 1.06. The number of hydrogen-bond donors (Lipinski definition) is 0. The Morgan fingerprint density at radius 3 is 2.67 bits per heavy atom. The number of thiazole rings is 1. The first-order valence-corrected chi connectivity index (χ1v) is 6.03. The second kappa shape index (κ2) is 5.14. The van der Waals surface area contributed by atoms with Crippen LogP contribution >= 0.6 is 11.3 Å². The maximum atomic E-state index is 12.8. The van der Waals surface area contributed by atoms with E-state index < -0.39 is 5.97 Å². The monoisotopic (exact) mass is 266 g/mol. The van der Waals surface area contributed by atoms with Crippen molar-refractivity contribution in [1.29, 1.82) is 0 Å². The molecule has 2 rings (SSSR count). The molecule has 0 aliphatic carbocycles. The average Bonchev–Trinajstić information content (AvgIpc) is 2.87. The van der Waals surface area contributed by atoms with Gasteiger partial charge in [-0.15, -0.1) is 11.3 Å². The first-order valence-electron chi connectivity index (χ1n) is 5.15. The molecule has 0 fully saturated rings. The zero-order chi connectivity index (χ0) is 13.1. The summed E-state index contributed by atoms with van der Waals surface area (Å²) in [6.07, 6.45) is 0. The lowest BCUT2D eigenvalue weighted by Gasteiger charge is -2.15. The summed E-state index contributed by atoms with van der Waals surface area (Å²) in [6.45, 7) is 0. The molecular formula is C12H11FN2O2S. The molecule has 0 saturated carbocycles. The van der Waals surface area contributed by atoms with Crippen molar-refractivity contribution in [2.24, 2.45) is 0 Å². The van der Waals surface area contributed by atoms with Crippen molar-refractivity contribution in [2.45, 2.75) is 0 Å². The van der Waals surface area contributed by atoms with Crippen LogP contribution in [0.2, 0.25) is 0 Å². The van der Waals surface area contributed by atoms with Gasteiger partial charge in [-0.25, -0.2) is 14.2 Å². The van der Waals surface area contributed by atoms with Gasteiger partial charge in [0, 0.05) is 18.1 Å². The van der Waals surface area contributed by atoms with E-state index in [0.717, 1.165) is 5.69 Å². The molecule has 0 saturated heterocycles. The third kappa shape index (κ3) is 2.48. The molecule has 4 nitrogen and oxygen atoms in total. The van der Waals surface area contributed by atoms with Crippen LogP contribution in [-0.4, -0.2) is 25.1 Å². The van der Waals surface area contributed by atoms with Crippen molar-refractivity contribution in [3.8, 4) is 0 Å². The van der Waals surface area contributed by atoms with Crippen LogP contribution in [0.15, 0.2) is 29.6 Å². The number of ether oxygens (including phenoxy) is 1. The predicted molar refractivity (Wildman–Crippen MR) is 67.9 cm³/mol. The average molecular weight is 266 g/mol. The van der Waals surface area contributed by atoms with Crippen LogP contribution in [0, 0.1) is 5.82 Å². The minimum absolute atomic E-state index is 0.270. The van der Waals surface area contributed by atoms with Crippen LogP contribution in [0.4, 0.5) is 15.2 Å². The summed E-state index contributed by atoms with van der Waals surface area (Å²) >= 11 is 1.32. The molecule has 0 amide bonds. The van der Waals surface area contributed by atoms with Crippen LogP contribution in [0.25, 0.3) is 0 Å². The first kappa shape index (κ1) is 12.5. The molecule has 94 valence electrons. The molecule has 0 N–H and O–H groups in total. The van der Waals surface area contributed by atoms with Gasteiger partial charge in [-0.05, 0) is 24.3 Å². The number of anilines is 2. The van der Waals surface area contributed by atoms with E-state index in [0.29, 0.717) is 5.13 Å². The highest BCUT2D eigenvalue weighted by atomic mass is 32.1. The van der Waals surface area contributed by atoms with E-state index in [9.17, 15) is 9.18 Å². The number of aromatic nitrogens is 1. The molecule has 6 heteroatoms. The van der Waals surface area contributed by atoms with Gasteiger partial charge in [-0.3, -0.25) is 0 Å². The molecule has 0 bridgehead atoms. The van der Waals surface area contributed by atoms with Crippen molar-refractivity contribution in [1.82, 2.24) is 4.98 Å². The molecule has 1 aromatic carbocycles. The molecule has 0 aliphatic rings. The Morgan fingerprint density at radius 2 is 2.06 bits per heavy atom. The number of carbonyl (C=O) groups is 1. The highest BCUT2D eigenvalue weighted by molar-refractivity contribution is 7.14. The molecule has 2 aromatic rings. The van der Waals surface area contributed by atoms with Gasteiger partial charge in [0.05, 0.1) is 7.11 Å². The van der Waals surface area contributed by atoms with Gasteiger partial charge < -0.3 is 9.64 Å². The number of carbonyl (C=O) groups excluding carboxylic acids is 1. The minimum atomic E-state index is -0.468. The highest BCUT2D eigenvalue weighted by Crippen LogP contribution is 2.27. The number of methoxy groups -OCH3 is 1. The number of esters is 1. The maximum Gasteiger partial charge on any atom is 0.357 e. The third-order valence-electron chi connectivity index (χ3n) is 2.39. The Hall–Kier alpha value is -1.95. The predicted octanol–water partition coefficient (Wildman–Crippen LogP) is 2.84. The molecule has 0 unspecified atom stereocenters. The maximum absolute atomic E-state index is 12.8. The van der Waals surface area contributed by atoms with Crippen molar-refractivity contribution in [2.75, 3.05) is 19.1 Å². The summed E-state index contributed by atoms with van der Waals surface area (Å²) < 4.78 is 17.4. The van der Waals surface area contributed by atoms with E-state index in [2.05, 4.69) is 9.72 Å². The van der Waals surface area contributed by atoms with Gasteiger partial charge in [-0.2, -0.15) is 0 Å². The van der Waals surface area contributed by atoms with Gasteiger partial charge in [0.1, 0.15) is 5.82 Å². The molecule has 0 aliphatic heterocycles. The Bertz CT molecular complexity index is 553. The van der Waals surface area contributed by atoms with Crippen molar-refractivity contribution >= 4 is 28.1 Å². The Balaban J connectivity index is 2.23. The number of rotatable bonds is 3. The van der Waals surface area contributed by atoms with Crippen LogP contribution in [0.3, 0.4) is 0 Å². The standard InChI is InChI=1S/C12H11FN2O2S/c1-15(9-5-3-8(13)4-6-9)12-14-10(7-18-12)11(16)17-2/h3-7H,1-2H3. The number of hydrogen-bond acceptors (Lipinski definition) is 5. The van der Waals surface area contributed by atoms with Gasteiger partial charge >= 0.3 is 5.97 Å². The summed E-state index contributed by atoms with van der Waals surface area (Å²) in [6, 6.07) is 6.05. The normalized spacial score (nSPS) is 10.2. The van der Waals surface area contributed by atoms with E-state index >= 15 is 0 Å². The van der Waals surface area contributed by atoms with E-state index in [1.807, 2.05) is 0 Å². The quantitative estimate of drug-likeness (QED) is 0.801. The van der Waals surface area contributed by atoms with Gasteiger partial charge in [0.25, 0.3) is 0 Å². The SMILES string of the molecule is COC(=O)c1csc(N(C)c2ccc(F)cc2)n1. The number of nitrogens with zero attached hydrogens (tertiary/aromatic N) is 2. The fraction of sp³-hybridized carbons (Fsp3) is 0.167. The van der Waals surface area contributed by atoms with E-state index in [1.54, 1.807) is 29.5 Å². The van der Waals surface area contributed by atoms with E-state index in [-0.39, 0.29) is 11.5 Å². The van der Waals surface area contributed by atoms with E-state index in [1.165, 1.54) is 30.6 Å².